The number of carbonyl (C=O) groups excluding carboxylic acids is 1. The van der Waals surface area contributed by atoms with Gasteiger partial charge in [-0.3, -0.25) is 9.78 Å². The lowest BCUT2D eigenvalue weighted by Gasteiger charge is -2.08. The van der Waals surface area contributed by atoms with E-state index in [1.165, 1.54) is 23.5 Å². The Bertz CT molecular complexity index is 1150. The largest absolute Gasteiger partial charge is 0.322 e. The summed E-state index contributed by atoms with van der Waals surface area (Å²) in [4.78, 5) is 21.2. The van der Waals surface area contributed by atoms with Gasteiger partial charge in [0.1, 0.15) is 10.8 Å². The predicted molar refractivity (Wildman–Crippen MR) is 110 cm³/mol. The fourth-order valence-electron chi connectivity index (χ4n) is 2.66. The minimum atomic E-state index is -0.489. The van der Waals surface area contributed by atoms with E-state index in [1.807, 2.05) is 35.7 Å². The fraction of sp³-hybridized carbons (Fsp3) is 0. The van der Waals surface area contributed by atoms with E-state index >= 15 is 0 Å². The van der Waals surface area contributed by atoms with Crippen molar-refractivity contribution in [3.8, 4) is 21.8 Å². The van der Waals surface area contributed by atoms with Crippen molar-refractivity contribution in [3.05, 3.63) is 88.8 Å². The molecule has 4 nitrogen and oxygen atoms in total. The van der Waals surface area contributed by atoms with Crippen LogP contribution in [0.15, 0.2) is 72.4 Å². The van der Waals surface area contributed by atoms with Crippen molar-refractivity contribution in [3.63, 3.8) is 0 Å². The number of hydrogen-bond donors (Lipinski definition) is 1. The zero-order valence-electron chi connectivity index (χ0n) is 14.4. The Morgan fingerprint density at radius 1 is 1.07 bits per heavy atom. The highest BCUT2D eigenvalue weighted by atomic mass is 35.5. The van der Waals surface area contributed by atoms with Crippen LogP contribution in [-0.2, 0) is 0 Å². The van der Waals surface area contributed by atoms with E-state index in [9.17, 15) is 9.18 Å². The Kier molecular flexibility index (Phi) is 5.14. The second-order valence-corrected chi connectivity index (χ2v) is 7.20. The molecule has 138 valence electrons. The topological polar surface area (TPSA) is 54.9 Å². The van der Waals surface area contributed by atoms with Gasteiger partial charge >= 0.3 is 0 Å². The van der Waals surface area contributed by atoms with Gasteiger partial charge in [0.2, 0.25) is 0 Å². The predicted octanol–water partition coefficient (Wildman–Crippen LogP) is 5.92. The average molecular weight is 410 g/mol. The molecule has 0 aliphatic rings. The number of pyridine rings is 1. The Hall–Kier alpha value is -3.09. The molecule has 1 amide bonds. The normalized spacial score (nSPS) is 10.6. The highest BCUT2D eigenvalue weighted by Crippen LogP contribution is 2.29. The first-order chi connectivity index (χ1) is 13.6. The number of amides is 1. The maximum Gasteiger partial charge on any atom is 0.257 e. The molecule has 2 aromatic heterocycles. The molecule has 28 heavy (non-hydrogen) atoms. The zero-order valence-corrected chi connectivity index (χ0v) is 16.0. The van der Waals surface area contributed by atoms with Crippen LogP contribution >= 0.6 is 22.9 Å². The summed E-state index contributed by atoms with van der Waals surface area (Å²) in [6.07, 6.45) is 3.49. The molecule has 2 heterocycles. The lowest BCUT2D eigenvalue weighted by atomic mass is 10.1. The van der Waals surface area contributed by atoms with E-state index in [0.29, 0.717) is 5.69 Å². The molecule has 0 saturated heterocycles. The number of nitrogens with one attached hydrogen (secondary N) is 1. The van der Waals surface area contributed by atoms with Gasteiger partial charge < -0.3 is 5.32 Å². The number of carbonyl (C=O) groups is 1. The number of halogens is 2. The van der Waals surface area contributed by atoms with Crippen molar-refractivity contribution in [1.29, 1.82) is 0 Å². The minimum absolute atomic E-state index is 0.0641. The highest BCUT2D eigenvalue weighted by Gasteiger charge is 2.12. The van der Waals surface area contributed by atoms with Gasteiger partial charge in [-0.25, -0.2) is 9.37 Å². The van der Waals surface area contributed by atoms with Crippen LogP contribution in [0.2, 0.25) is 5.02 Å². The molecular formula is C21H13ClFN3OS. The van der Waals surface area contributed by atoms with Gasteiger partial charge in [-0.05, 0) is 42.5 Å². The van der Waals surface area contributed by atoms with Crippen LogP contribution in [0.3, 0.4) is 0 Å². The summed E-state index contributed by atoms with van der Waals surface area (Å²) in [5.41, 5.74) is 3.43. The third kappa shape index (κ3) is 3.93. The second-order valence-electron chi connectivity index (χ2n) is 5.94. The molecule has 0 saturated carbocycles. The highest BCUT2D eigenvalue weighted by molar-refractivity contribution is 7.13. The smallest absolute Gasteiger partial charge is 0.257 e. The number of anilines is 1. The van der Waals surface area contributed by atoms with Crippen molar-refractivity contribution in [2.24, 2.45) is 0 Å². The molecule has 0 radical (unpaired) electrons. The van der Waals surface area contributed by atoms with Crippen LogP contribution in [0.1, 0.15) is 10.4 Å². The van der Waals surface area contributed by atoms with Crippen molar-refractivity contribution >= 4 is 34.5 Å². The Balaban J connectivity index is 1.57. The third-order valence-corrected chi connectivity index (χ3v) is 5.21. The summed E-state index contributed by atoms with van der Waals surface area (Å²) in [7, 11) is 0. The van der Waals surface area contributed by atoms with Crippen LogP contribution in [0.4, 0.5) is 10.1 Å². The van der Waals surface area contributed by atoms with Gasteiger partial charge in [0, 0.05) is 34.6 Å². The maximum absolute atomic E-state index is 13.2. The summed E-state index contributed by atoms with van der Waals surface area (Å²) < 4.78 is 13.2. The molecule has 4 rings (SSSR count). The summed E-state index contributed by atoms with van der Waals surface area (Å²) >= 11 is 7.49. The van der Waals surface area contributed by atoms with Crippen molar-refractivity contribution in [2.45, 2.75) is 0 Å². The van der Waals surface area contributed by atoms with Gasteiger partial charge in [0.05, 0.1) is 16.3 Å². The Labute approximate surface area is 169 Å². The number of thiazole rings is 1. The molecule has 0 unspecified atom stereocenters. The summed E-state index contributed by atoms with van der Waals surface area (Å²) in [5, 5.41) is 5.68. The SMILES string of the molecule is O=C(Nc1cccc(-c2csc(-c3cccnc3)n2)c1)c1ccc(F)cc1Cl. The van der Waals surface area contributed by atoms with Crippen molar-refractivity contribution in [1.82, 2.24) is 9.97 Å². The molecule has 1 N–H and O–H groups in total. The standard InChI is InChI=1S/C21H13ClFN3OS/c22-18-10-15(23)6-7-17(18)20(27)25-16-5-1-3-13(9-16)19-12-28-21(26-19)14-4-2-8-24-11-14/h1-12H,(H,25,27). The molecule has 2 aromatic carbocycles. The molecule has 0 aliphatic carbocycles. The van der Waals surface area contributed by atoms with E-state index in [-0.39, 0.29) is 10.6 Å². The summed E-state index contributed by atoms with van der Waals surface area (Å²) in [6.45, 7) is 0. The third-order valence-electron chi connectivity index (χ3n) is 4.00. The van der Waals surface area contributed by atoms with E-state index in [0.717, 1.165) is 27.9 Å². The average Bonchev–Trinajstić information content (AvgIpc) is 3.19. The molecule has 0 fully saturated rings. The van der Waals surface area contributed by atoms with Crippen LogP contribution in [-0.4, -0.2) is 15.9 Å². The molecular weight excluding hydrogens is 397 g/mol. The quantitative estimate of drug-likeness (QED) is 0.455. The van der Waals surface area contributed by atoms with Crippen LogP contribution < -0.4 is 5.32 Å². The molecule has 0 bridgehead atoms. The zero-order chi connectivity index (χ0) is 19.5. The lowest BCUT2D eigenvalue weighted by molar-refractivity contribution is 0.102. The molecule has 4 aromatic rings. The van der Waals surface area contributed by atoms with E-state index in [1.54, 1.807) is 18.5 Å². The molecule has 0 spiro atoms. The van der Waals surface area contributed by atoms with Gasteiger partial charge in [0.15, 0.2) is 0 Å². The summed E-state index contributed by atoms with van der Waals surface area (Å²) in [5.74, 6) is -0.895. The monoisotopic (exact) mass is 409 g/mol. The second kappa shape index (κ2) is 7.88. The molecule has 7 heteroatoms. The lowest BCUT2D eigenvalue weighted by Crippen LogP contribution is -2.12. The van der Waals surface area contributed by atoms with Gasteiger partial charge in [0.25, 0.3) is 5.91 Å². The number of nitrogens with zero attached hydrogens (tertiary/aromatic N) is 2. The van der Waals surface area contributed by atoms with Crippen LogP contribution in [0, 0.1) is 5.82 Å². The van der Waals surface area contributed by atoms with E-state index in [4.69, 9.17) is 11.6 Å². The van der Waals surface area contributed by atoms with Crippen LogP contribution in [0.25, 0.3) is 21.8 Å². The number of aromatic nitrogens is 2. The van der Waals surface area contributed by atoms with Crippen LogP contribution in [0.5, 0.6) is 0 Å². The first kappa shape index (κ1) is 18.3. The maximum atomic E-state index is 13.2. The Morgan fingerprint density at radius 3 is 2.71 bits per heavy atom. The first-order valence-corrected chi connectivity index (χ1v) is 9.59. The van der Waals surface area contributed by atoms with Crippen molar-refractivity contribution in [2.75, 3.05) is 5.32 Å². The fourth-order valence-corrected chi connectivity index (χ4v) is 3.73. The number of hydrogen-bond acceptors (Lipinski definition) is 4. The van der Waals surface area contributed by atoms with Gasteiger partial charge in [-0.2, -0.15) is 0 Å². The minimum Gasteiger partial charge on any atom is -0.322 e. The van der Waals surface area contributed by atoms with E-state index in [2.05, 4.69) is 15.3 Å². The van der Waals surface area contributed by atoms with Gasteiger partial charge in [-0.1, -0.05) is 23.7 Å². The number of benzene rings is 2. The van der Waals surface area contributed by atoms with Crippen molar-refractivity contribution < 1.29 is 9.18 Å². The Morgan fingerprint density at radius 2 is 1.93 bits per heavy atom. The van der Waals surface area contributed by atoms with Gasteiger partial charge in [-0.15, -0.1) is 11.3 Å². The molecule has 0 atom stereocenters. The number of rotatable bonds is 4. The molecule has 0 aliphatic heterocycles. The first-order valence-electron chi connectivity index (χ1n) is 8.33. The summed E-state index contributed by atoms with van der Waals surface area (Å²) in [6, 6.07) is 14.9. The van der Waals surface area contributed by atoms with E-state index < -0.39 is 11.7 Å².